The molecule has 1 aliphatic carbocycles. The van der Waals surface area contributed by atoms with Gasteiger partial charge in [-0.15, -0.1) is 0 Å². The Balaban J connectivity index is 1.53. The van der Waals surface area contributed by atoms with Crippen LogP contribution in [-0.4, -0.2) is 13.3 Å². The van der Waals surface area contributed by atoms with Gasteiger partial charge in [-0.25, -0.2) is 0 Å². The SMILES string of the molecule is CN1c2ccccc2C(C)(C)c2cc3c(cc21)C(C)(C)c1cc(-c2ccc(C=O)cc2)ccc1-3. The number of anilines is 2. The second kappa shape index (κ2) is 6.93. The fourth-order valence-electron chi connectivity index (χ4n) is 6.05. The summed E-state index contributed by atoms with van der Waals surface area (Å²) in [6.07, 6.45) is 0.894. The van der Waals surface area contributed by atoms with Crippen molar-refractivity contribution in [2.24, 2.45) is 0 Å². The number of carbonyl (C=O) groups is 1. The van der Waals surface area contributed by atoms with Crippen LogP contribution in [0, 0.1) is 0 Å². The molecule has 2 aliphatic rings. The molecule has 0 bridgehead atoms. The molecule has 0 radical (unpaired) electrons. The van der Waals surface area contributed by atoms with Gasteiger partial charge < -0.3 is 4.90 Å². The first-order valence-corrected chi connectivity index (χ1v) is 12.0. The van der Waals surface area contributed by atoms with E-state index >= 15 is 0 Å². The van der Waals surface area contributed by atoms with Crippen molar-refractivity contribution >= 4 is 17.7 Å². The molecule has 168 valence electrons. The van der Waals surface area contributed by atoms with Crippen molar-refractivity contribution in [2.75, 3.05) is 11.9 Å². The maximum Gasteiger partial charge on any atom is 0.150 e. The topological polar surface area (TPSA) is 20.3 Å². The van der Waals surface area contributed by atoms with Crippen LogP contribution in [-0.2, 0) is 10.8 Å². The molecule has 2 heteroatoms. The smallest absolute Gasteiger partial charge is 0.150 e. The molecule has 0 aromatic heterocycles. The molecule has 2 nitrogen and oxygen atoms in total. The molecule has 0 spiro atoms. The van der Waals surface area contributed by atoms with Gasteiger partial charge in [0, 0.05) is 34.8 Å². The molecule has 0 atom stereocenters. The van der Waals surface area contributed by atoms with Gasteiger partial charge in [-0.3, -0.25) is 4.79 Å². The lowest BCUT2D eigenvalue weighted by atomic mass is 9.72. The Morgan fingerprint density at radius 2 is 1.26 bits per heavy atom. The maximum absolute atomic E-state index is 11.1. The highest BCUT2D eigenvalue weighted by atomic mass is 16.1. The number of para-hydroxylation sites is 1. The van der Waals surface area contributed by atoms with Crippen LogP contribution in [0.5, 0.6) is 0 Å². The van der Waals surface area contributed by atoms with Crippen LogP contribution in [0.1, 0.15) is 60.3 Å². The lowest BCUT2D eigenvalue weighted by Gasteiger charge is -2.41. The van der Waals surface area contributed by atoms with Crippen molar-refractivity contribution in [1.82, 2.24) is 0 Å². The minimum atomic E-state index is -0.0968. The first-order valence-electron chi connectivity index (χ1n) is 12.0. The van der Waals surface area contributed by atoms with E-state index in [1.807, 2.05) is 24.3 Å². The number of carbonyl (C=O) groups excluding carboxylic acids is 1. The molecule has 1 heterocycles. The molecule has 4 aromatic rings. The van der Waals surface area contributed by atoms with Gasteiger partial charge in [0.25, 0.3) is 0 Å². The standard InChI is InChI=1S/C32H29NO/c1-31(2)25-8-6-7-9-29(25)33(5)30-18-27-24(17-28(30)31)23-15-14-22(16-26(23)32(27,3)4)21-12-10-20(19-34)11-13-21/h6-19H,1-5H3. The summed E-state index contributed by atoms with van der Waals surface area (Å²) in [4.78, 5) is 13.4. The van der Waals surface area contributed by atoms with Crippen LogP contribution in [0.25, 0.3) is 22.3 Å². The number of benzene rings is 4. The summed E-state index contributed by atoms with van der Waals surface area (Å²) >= 11 is 0. The van der Waals surface area contributed by atoms with Crippen LogP contribution < -0.4 is 4.90 Å². The summed E-state index contributed by atoms with van der Waals surface area (Å²) in [5, 5.41) is 0. The average Bonchev–Trinajstić information content (AvgIpc) is 3.08. The van der Waals surface area contributed by atoms with E-state index in [-0.39, 0.29) is 10.8 Å². The van der Waals surface area contributed by atoms with Crippen molar-refractivity contribution in [3.8, 4) is 22.3 Å². The van der Waals surface area contributed by atoms with E-state index in [2.05, 4.69) is 94.2 Å². The number of aldehydes is 1. The predicted molar refractivity (Wildman–Crippen MR) is 141 cm³/mol. The average molecular weight is 444 g/mol. The molecule has 0 unspecified atom stereocenters. The van der Waals surface area contributed by atoms with Crippen molar-refractivity contribution in [3.05, 3.63) is 107 Å². The first kappa shape index (κ1) is 20.9. The van der Waals surface area contributed by atoms with Gasteiger partial charge in [0.2, 0.25) is 0 Å². The summed E-state index contributed by atoms with van der Waals surface area (Å²) in [5.41, 5.74) is 13.6. The summed E-state index contributed by atoms with van der Waals surface area (Å²) < 4.78 is 0. The lowest BCUT2D eigenvalue weighted by Crippen LogP contribution is -2.31. The molecule has 0 saturated heterocycles. The number of fused-ring (bicyclic) bond motifs is 5. The second-order valence-electron chi connectivity index (χ2n) is 10.7. The van der Waals surface area contributed by atoms with Crippen molar-refractivity contribution in [1.29, 1.82) is 0 Å². The van der Waals surface area contributed by atoms with Gasteiger partial charge in [0.05, 0.1) is 0 Å². The highest BCUT2D eigenvalue weighted by molar-refractivity contribution is 5.89. The molecule has 0 saturated carbocycles. The molecule has 0 amide bonds. The molecular formula is C32H29NO. The highest BCUT2D eigenvalue weighted by Crippen LogP contribution is 2.55. The number of nitrogens with zero attached hydrogens (tertiary/aromatic N) is 1. The van der Waals surface area contributed by atoms with Gasteiger partial charge in [-0.05, 0) is 68.8 Å². The van der Waals surface area contributed by atoms with Gasteiger partial charge in [-0.1, -0.05) is 82.3 Å². The number of hydrogen-bond acceptors (Lipinski definition) is 2. The predicted octanol–water partition coefficient (Wildman–Crippen LogP) is 7.88. The molecule has 0 N–H and O–H groups in total. The number of hydrogen-bond donors (Lipinski definition) is 0. The first-order chi connectivity index (χ1) is 16.2. The van der Waals surface area contributed by atoms with Gasteiger partial charge in [-0.2, -0.15) is 0 Å². The zero-order chi connectivity index (χ0) is 23.8. The lowest BCUT2D eigenvalue weighted by molar-refractivity contribution is 0.112. The van der Waals surface area contributed by atoms with Gasteiger partial charge in [0.1, 0.15) is 6.29 Å². The van der Waals surface area contributed by atoms with E-state index in [1.165, 1.54) is 50.3 Å². The Morgan fingerprint density at radius 3 is 2.00 bits per heavy atom. The molecule has 6 rings (SSSR count). The van der Waals surface area contributed by atoms with Crippen LogP contribution in [0.15, 0.2) is 78.9 Å². The molecule has 34 heavy (non-hydrogen) atoms. The normalized spacial score (nSPS) is 16.3. The number of rotatable bonds is 2. The Labute approximate surface area is 201 Å². The summed E-state index contributed by atoms with van der Waals surface area (Å²) in [6, 6.07) is 28.3. The van der Waals surface area contributed by atoms with Crippen LogP contribution in [0.3, 0.4) is 0 Å². The molecule has 4 aromatic carbocycles. The molecule has 1 aliphatic heterocycles. The van der Waals surface area contributed by atoms with E-state index in [0.717, 1.165) is 11.8 Å². The third-order valence-electron chi connectivity index (χ3n) is 8.15. The third kappa shape index (κ3) is 2.72. The van der Waals surface area contributed by atoms with Crippen molar-refractivity contribution in [3.63, 3.8) is 0 Å². The summed E-state index contributed by atoms with van der Waals surface area (Å²) in [6.45, 7) is 9.37. The van der Waals surface area contributed by atoms with Crippen LogP contribution >= 0.6 is 0 Å². The quantitative estimate of drug-likeness (QED) is 0.294. The summed E-state index contributed by atoms with van der Waals surface area (Å²) in [7, 11) is 2.19. The Morgan fingerprint density at radius 1 is 0.618 bits per heavy atom. The van der Waals surface area contributed by atoms with E-state index in [0.29, 0.717) is 5.56 Å². The third-order valence-corrected chi connectivity index (χ3v) is 8.15. The van der Waals surface area contributed by atoms with E-state index in [1.54, 1.807) is 0 Å². The van der Waals surface area contributed by atoms with Crippen LogP contribution in [0.4, 0.5) is 11.4 Å². The van der Waals surface area contributed by atoms with Gasteiger partial charge in [0.15, 0.2) is 0 Å². The Hall–Kier alpha value is -3.65. The van der Waals surface area contributed by atoms with Crippen molar-refractivity contribution < 1.29 is 4.79 Å². The van der Waals surface area contributed by atoms with E-state index in [4.69, 9.17) is 0 Å². The summed E-state index contributed by atoms with van der Waals surface area (Å²) in [5.74, 6) is 0. The van der Waals surface area contributed by atoms with E-state index < -0.39 is 0 Å². The fraction of sp³-hybridized carbons (Fsp3) is 0.219. The zero-order valence-corrected chi connectivity index (χ0v) is 20.4. The van der Waals surface area contributed by atoms with Gasteiger partial charge >= 0.3 is 0 Å². The second-order valence-corrected chi connectivity index (χ2v) is 10.7. The minimum Gasteiger partial charge on any atom is -0.344 e. The maximum atomic E-state index is 11.1. The monoisotopic (exact) mass is 443 g/mol. The zero-order valence-electron chi connectivity index (χ0n) is 20.4. The Bertz CT molecular complexity index is 1470. The van der Waals surface area contributed by atoms with Crippen molar-refractivity contribution in [2.45, 2.75) is 38.5 Å². The highest BCUT2D eigenvalue weighted by Gasteiger charge is 2.41. The van der Waals surface area contributed by atoms with Crippen LogP contribution in [0.2, 0.25) is 0 Å². The largest absolute Gasteiger partial charge is 0.344 e. The van der Waals surface area contributed by atoms with E-state index in [9.17, 15) is 4.79 Å². The fourth-order valence-corrected chi connectivity index (χ4v) is 6.05. The molecular weight excluding hydrogens is 414 g/mol. The molecule has 0 fully saturated rings. The minimum absolute atomic E-state index is 0.0688. The Kier molecular flexibility index (Phi) is 4.26.